The van der Waals surface area contributed by atoms with E-state index in [1.165, 1.54) is 5.46 Å². The molecule has 0 aliphatic carbocycles. The van der Waals surface area contributed by atoms with Crippen LogP contribution in [0.3, 0.4) is 0 Å². The molecule has 1 aromatic heterocycles. The summed E-state index contributed by atoms with van der Waals surface area (Å²) >= 11 is 0. The van der Waals surface area contributed by atoms with Gasteiger partial charge in [-0.1, -0.05) is 94.3 Å². The minimum absolute atomic E-state index is 0.285. The summed E-state index contributed by atoms with van der Waals surface area (Å²) in [4.78, 5) is 15.9. The van der Waals surface area contributed by atoms with Gasteiger partial charge in [0, 0.05) is 5.52 Å². The van der Waals surface area contributed by atoms with Crippen molar-refractivity contribution in [2.45, 2.75) is 46.9 Å². The first-order chi connectivity index (χ1) is 13.3. The van der Waals surface area contributed by atoms with Gasteiger partial charge in [0.05, 0.1) is 0 Å². The van der Waals surface area contributed by atoms with Crippen LogP contribution in [0.4, 0.5) is 0 Å². The van der Waals surface area contributed by atoms with Crippen LogP contribution in [0.25, 0.3) is 10.9 Å². The number of H-pyrrole nitrogens is 1. The smallest absolute Gasteiger partial charge is 0.355 e. The van der Waals surface area contributed by atoms with Gasteiger partial charge in [0.1, 0.15) is 12.3 Å². The van der Waals surface area contributed by atoms with Crippen molar-refractivity contribution >= 4 is 29.0 Å². The van der Waals surface area contributed by atoms with Crippen LogP contribution in [0.15, 0.2) is 54.6 Å². The monoisotopic (exact) mass is 373 g/mol. The second kappa shape index (κ2) is 6.84. The molecule has 0 amide bonds. The summed E-state index contributed by atoms with van der Waals surface area (Å²) in [6, 6.07) is 18.1. The first kappa shape index (κ1) is 18.9. The number of carbonyl (C=O) groups is 1. The summed E-state index contributed by atoms with van der Waals surface area (Å²) in [7, 11) is 0. The SMILES string of the molecule is CC1(C)CB(c2cccc3cc(C(=O)OCc4ccccc4)[nH]c23)CC1(C)C. The molecular weight excluding hydrogens is 345 g/mol. The molecule has 0 bridgehead atoms. The maximum Gasteiger partial charge on any atom is 0.355 e. The second-order valence-electron chi connectivity index (χ2n) is 9.43. The van der Waals surface area contributed by atoms with E-state index in [0.717, 1.165) is 29.1 Å². The Morgan fingerprint density at radius 2 is 1.68 bits per heavy atom. The van der Waals surface area contributed by atoms with E-state index < -0.39 is 0 Å². The molecule has 144 valence electrons. The molecule has 3 nitrogen and oxygen atoms in total. The summed E-state index contributed by atoms with van der Waals surface area (Å²) in [5.74, 6) is -0.307. The van der Waals surface area contributed by atoms with Gasteiger partial charge in [-0.25, -0.2) is 4.79 Å². The third kappa shape index (κ3) is 3.37. The molecule has 0 atom stereocenters. The quantitative estimate of drug-likeness (QED) is 0.499. The van der Waals surface area contributed by atoms with Crippen molar-refractivity contribution in [3.63, 3.8) is 0 Å². The predicted octanol–water partition coefficient (Wildman–Crippen LogP) is 5.29. The fraction of sp³-hybridized carbons (Fsp3) is 0.375. The van der Waals surface area contributed by atoms with E-state index in [2.05, 4.69) is 50.9 Å². The van der Waals surface area contributed by atoms with E-state index in [4.69, 9.17) is 4.74 Å². The molecule has 4 rings (SSSR count). The van der Waals surface area contributed by atoms with Crippen molar-refractivity contribution in [3.05, 3.63) is 65.9 Å². The first-order valence-corrected chi connectivity index (χ1v) is 10.1. The van der Waals surface area contributed by atoms with Gasteiger partial charge in [-0.2, -0.15) is 0 Å². The zero-order valence-corrected chi connectivity index (χ0v) is 17.2. The number of benzene rings is 2. The number of rotatable bonds is 4. The number of nitrogens with one attached hydrogen (secondary N) is 1. The van der Waals surface area contributed by atoms with E-state index in [9.17, 15) is 4.79 Å². The fourth-order valence-corrected chi connectivity index (χ4v) is 4.51. The molecule has 2 aromatic carbocycles. The Morgan fingerprint density at radius 3 is 2.36 bits per heavy atom. The third-order valence-electron chi connectivity index (χ3n) is 6.91. The zero-order chi connectivity index (χ0) is 19.9. The third-order valence-corrected chi connectivity index (χ3v) is 6.91. The van der Waals surface area contributed by atoms with Crippen molar-refractivity contribution in [2.75, 3.05) is 0 Å². The number of hydrogen-bond donors (Lipinski definition) is 1. The maximum absolute atomic E-state index is 12.6. The Balaban J connectivity index is 1.58. The molecule has 1 fully saturated rings. The summed E-state index contributed by atoms with van der Waals surface area (Å²) in [5, 5.41) is 1.08. The second-order valence-corrected chi connectivity index (χ2v) is 9.43. The summed E-state index contributed by atoms with van der Waals surface area (Å²) in [6.45, 7) is 10.3. The number of esters is 1. The fourth-order valence-electron chi connectivity index (χ4n) is 4.51. The molecule has 1 N–H and O–H groups in total. The highest BCUT2D eigenvalue weighted by molar-refractivity contribution is 6.76. The zero-order valence-electron chi connectivity index (χ0n) is 17.2. The molecule has 28 heavy (non-hydrogen) atoms. The topological polar surface area (TPSA) is 42.1 Å². The number of para-hydroxylation sites is 1. The number of carbonyl (C=O) groups excluding carboxylic acids is 1. The Kier molecular flexibility index (Phi) is 4.61. The van der Waals surface area contributed by atoms with Gasteiger partial charge >= 0.3 is 5.97 Å². The molecule has 2 heterocycles. The van der Waals surface area contributed by atoms with Crippen molar-refractivity contribution in [3.8, 4) is 0 Å². The van der Waals surface area contributed by atoms with Crippen LogP contribution in [-0.4, -0.2) is 17.7 Å². The van der Waals surface area contributed by atoms with Gasteiger partial charge in [0.15, 0.2) is 6.71 Å². The Bertz CT molecular complexity index is 988. The van der Waals surface area contributed by atoms with Gasteiger partial charge in [-0.15, -0.1) is 0 Å². The van der Waals surface area contributed by atoms with Gasteiger partial charge < -0.3 is 9.72 Å². The lowest BCUT2D eigenvalue weighted by Crippen LogP contribution is -2.28. The summed E-state index contributed by atoms with van der Waals surface area (Å²) in [6.07, 6.45) is 2.32. The Hall–Kier alpha value is -2.49. The maximum atomic E-state index is 12.6. The van der Waals surface area contributed by atoms with Gasteiger partial charge in [-0.3, -0.25) is 0 Å². The van der Waals surface area contributed by atoms with Crippen molar-refractivity contribution in [1.82, 2.24) is 4.98 Å². The lowest BCUT2D eigenvalue weighted by Gasteiger charge is -2.35. The molecule has 1 saturated heterocycles. The average Bonchev–Trinajstić information content (AvgIpc) is 3.18. The van der Waals surface area contributed by atoms with Crippen LogP contribution in [-0.2, 0) is 11.3 Å². The van der Waals surface area contributed by atoms with Gasteiger partial charge in [0.2, 0.25) is 0 Å². The highest BCUT2D eigenvalue weighted by atomic mass is 16.5. The van der Waals surface area contributed by atoms with Crippen molar-refractivity contribution in [1.29, 1.82) is 0 Å². The molecule has 4 heteroatoms. The molecule has 0 radical (unpaired) electrons. The molecule has 0 saturated carbocycles. The number of aromatic nitrogens is 1. The minimum Gasteiger partial charge on any atom is -0.456 e. The largest absolute Gasteiger partial charge is 0.456 e. The molecule has 1 aliphatic rings. The average molecular weight is 373 g/mol. The van der Waals surface area contributed by atoms with E-state index in [-0.39, 0.29) is 12.6 Å². The van der Waals surface area contributed by atoms with Crippen molar-refractivity contribution < 1.29 is 9.53 Å². The van der Waals surface area contributed by atoms with Gasteiger partial charge in [-0.05, 0) is 27.8 Å². The molecule has 0 unspecified atom stereocenters. The summed E-state index contributed by atoms with van der Waals surface area (Å²) in [5.41, 5.74) is 4.50. The number of aromatic amines is 1. The highest BCUT2D eigenvalue weighted by Gasteiger charge is 2.48. The molecular formula is C24H28BNO2. The molecule has 3 aromatic rings. The van der Waals surface area contributed by atoms with Crippen LogP contribution in [0.5, 0.6) is 0 Å². The van der Waals surface area contributed by atoms with Crippen LogP contribution in [0.2, 0.25) is 12.6 Å². The molecule has 1 aliphatic heterocycles. The van der Waals surface area contributed by atoms with E-state index >= 15 is 0 Å². The van der Waals surface area contributed by atoms with Crippen LogP contribution >= 0.6 is 0 Å². The Morgan fingerprint density at radius 1 is 1.00 bits per heavy atom. The standard InChI is InChI=1S/C24H28BNO2/c1-23(2)15-25(16-24(23,3)4)19-12-8-11-18-13-20(26-21(18)19)22(27)28-14-17-9-6-5-7-10-17/h5-13,26H,14-16H2,1-4H3. The number of hydrogen-bond acceptors (Lipinski definition) is 2. The van der Waals surface area contributed by atoms with E-state index in [0.29, 0.717) is 23.2 Å². The van der Waals surface area contributed by atoms with Crippen molar-refractivity contribution in [2.24, 2.45) is 10.8 Å². The normalized spacial score (nSPS) is 17.8. The predicted molar refractivity (Wildman–Crippen MR) is 116 cm³/mol. The van der Waals surface area contributed by atoms with Crippen LogP contribution in [0.1, 0.15) is 43.7 Å². The first-order valence-electron chi connectivity index (χ1n) is 10.1. The van der Waals surface area contributed by atoms with Crippen LogP contribution < -0.4 is 5.46 Å². The molecule has 0 spiro atoms. The minimum atomic E-state index is -0.307. The number of ether oxygens (including phenoxy) is 1. The van der Waals surface area contributed by atoms with E-state index in [1.54, 1.807) is 0 Å². The highest BCUT2D eigenvalue weighted by Crippen LogP contribution is 2.52. The van der Waals surface area contributed by atoms with Crippen LogP contribution in [0, 0.1) is 10.8 Å². The number of fused-ring (bicyclic) bond motifs is 1. The lowest BCUT2D eigenvalue weighted by molar-refractivity contribution is 0.0467. The summed E-state index contributed by atoms with van der Waals surface area (Å²) < 4.78 is 5.51. The Labute approximate surface area is 167 Å². The lowest BCUT2D eigenvalue weighted by atomic mass is 9.42. The van der Waals surface area contributed by atoms with Gasteiger partial charge in [0.25, 0.3) is 0 Å². The van der Waals surface area contributed by atoms with E-state index in [1.807, 2.05) is 36.4 Å².